The highest BCUT2D eigenvalue weighted by atomic mass is 16.5. The zero-order valence-corrected chi connectivity index (χ0v) is 13.7. The van der Waals surface area contributed by atoms with Crippen LogP contribution in [0.2, 0.25) is 0 Å². The maximum Gasteiger partial charge on any atom is 0.270 e. The van der Waals surface area contributed by atoms with E-state index in [0.717, 1.165) is 11.1 Å². The van der Waals surface area contributed by atoms with Crippen LogP contribution in [-0.4, -0.2) is 34.7 Å². The van der Waals surface area contributed by atoms with Crippen molar-refractivity contribution in [3.8, 4) is 23.7 Å². The number of nitrogen functional groups attached to an aromatic ring is 1. The van der Waals surface area contributed by atoms with Crippen molar-refractivity contribution in [1.29, 1.82) is 0 Å². The third kappa shape index (κ3) is 4.02. The van der Waals surface area contributed by atoms with Gasteiger partial charge in [0.05, 0.1) is 6.54 Å². The van der Waals surface area contributed by atoms with Crippen LogP contribution in [0.15, 0.2) is 48.5 Å². The van der Waals surface area contributed by atoms with Crippen LogP contribution < -0.4 is 11.1 Å². The number of β-lactam (4-membered cyclic amide) rings is 1. The number of hydrogen-bond acceptors (Lipinski definition) is 4. The Kier molecular flexibility index (Phi) is 4.89. The minimum atomic E-state index is -0.671. The van der Waals surface area contributed by atoms with E-state index in [-0.39, 0.29) is 12.5 Å². The second-order valence-corrected chi connectivity index (χ2v) is 5.65. The SMILES string of the molecule is Nc1ccc(C#CC#Cc2ccc(C(=O)N[C@@H]3CN(O)C3=O)cc2)cc1. The highest BCUT2D eigenvalue weighted by Gasteiger charge is 2.37. The molecular weight excluding hydrogens is 330 g/mol. The van der Waals surface area contributed by atoms with Crippen LogP contribution >= 0.6 is 0 Å². The van der Waals surface area contributed by atoms with Gasteiger partial charge in [0.2, 0.25) is 0 Å². The highest BCUT2D eigenvalue weighted by Crippen LogP contribution is 2.09. The van der Waals surface area contributed by atoms with Gasteiger partial charge in [-0.05, 0) is 60.4 Å². The summed E-state index contributed by atoms with van der Waals surface area (Å²) in [6, 6.07) is 13.2. The number of carbonyl (C=O) groups is 2. The Bertz CT molecular complexity index is 958. The minimum absolute atomic E-state index is 0.0980. The molecule has 0 spiro atoms. The summed E-state index contributed by atoms with van der Waals surface area (Å²) in [7, 11) is 0. The van der Waals surface area contributed by atoms with E-state index < -0.39 is 11.9 Å². The van der Waals surface area contributed by atoms with Crippen LogP contribution in [0.25, 0.3) is 0 Å². The Morgan fingerprint density at radius 2 is 1.58 bits per heavy atom. The molecule has 0 saturated carbocycles. The van der Waals surface area contributed by atoms with Crippen LogP contribution in [0.4, 0.5) is 5.69 Å². The average Bonchev–Trinajstić information content (AvgIpc) is 2.66. The van der Waals surface area contributed by atoms with Crippen LogP contribution in [0.3, 0.4) is 0 Å². The molecule has 0 bridgehead atoms. The molecule has 1 heterocycles. The van der Waals surface area contributed by atoms with Crippen molar-refractivity contribution in [3.05, 3.63) is 65.2 Å². The summed E-state index contributed by atoms with van der Waals surface area (Å²) in [5.41, 5.74) is 8.24. The Hall–Kier alpha value is -3.74. The number of hydrogen-bond donors (Lipinski definition) is 3. The maximum absolute atomic E-state index is 12.0. The lowest BCUT2D eigenvalue weighted by atomic mass is 10.1. The Morgan fingerprint density at radius 3 is 2.08 bits per heavy atom. The van der Waals surface area contributed by atoms with Crippen molar-refractivity contribution in [1.82, 2.24) is 10.4 Å². The lowest BCUT2D eigenvalue weighted by molar-refractivity contribution is -0.189. The summed E-state index contributed by atoms with van der Waals surface area (Å²) in [6.07, 6.45) is 0. The number of hydroxylamine groups is 2. The quantitative estimate of drug-likeness (QED) is 0.327. The van der Waals surface area contributed by atoms with Gasteiger partial charge in [0, 0.05) is 22.4 Å². The fourth-order valence-corrected chi connectivity index (χ4v) is 2.24. The molecule has 3 rings (SSSR count). The molecule has 0 aliphatic carbocycles. The molecule has 6 nitrogen and oxygen atoms in total. The summed E-state index contributed by atoms with van der Waals surface area (Å²) in [6.45, 7) is 0.0980. The van der Waals surface area contributed by atoms with E-state index >= 15 is 0 Å². The number of nitrogens with zero attached hydrogens (tertiary/aromatic N) is 1. The van der Waals surface area contributed by atoms with Gasteiger partial charge in [0.15, 0.2) is 0 Å². The maximum atomic E-state index is 12.0. The predicted molar refractivity (Wildman–Crippen MR) is 95.8 cm³/mol. The zero-order valence-electron chi connectivity index (χ0n) is 13.7. The van der Waals surface area contributed by atoms with Gasteiger partial charge in [0.25, 0.3) is 11.8 Å². The van der Waals surface area contributed by atoms with Gasteiger partial charge in [0.1, 0.15) is 6.04 Å². The van der Waals surface area contributed by atoms with Gasteiger partial charge >= 0.3 is 0 Å². The Balaban J connectivity index is 1.59. The summed E-state index contributed by atoms with van der Waals surface area (Å²) < 4.78 is 0. The van der Waals surface area contributed by atoms with Gasteiger partial charge in [-0.25, -0.2) is 5.06 Å². The summed E-state index contributed by atoms with van der Waals surface area (Å²) in [5.74, 6) is 10.4. The molecule has 0 unspecified atom stereocenters. The molecule has 2 aromatic carbocycles. The van der Waals surface area contributed by atoms with Crippen molar-refractivity contribution < 1.29 is 14.8 Å². The van der Waals surface area contributed by atoms with E-state index in [1.165, 1.54) is 0 Å². The molecule has 2 aromatic rings. The predicted octanol–water partition coefficient (Wildman–Crippen LogP) is 1.00. The van der Waals surface area contributed by atoms with Gasteiger partial charge < -0.3 is 11.1 Å². The number of anilines is 1. The molecule has 6 heteroatoms. The number of carbonyl (C=O) groups excluding carboxylic acids is 2. The zero-order chi connectivity index (χ0) is 18.5. The van der Waals surface area contributed by atoms with Crippen molar-refractivity contribution in [2.75, 3.05) is 12.3 Å². The molecule has 0 aromatic heterocycles. The third-order valence-corrected chi connectivity index (χ3v) is 3.75. The molecule has 1 aliphatic heterocycles. The standard InChI is InChI=1S/C20H15N3O3/c21-17-11-7-15(8-12-17)4-2-1-3-14-5-9-16(10-6-14)19(24)22-18-13-23(26)20(18)25/h5-12,18,26H,13,21H2,(H,22,24)/t18-/m1/s1. The highest BCUT2D eigenvalue weighted by molar-refractivity contribution is 5.99. The normalized spacial score (nSPS) is 15.0. The van der Waals surface area contributed by atoms with Crippen LogP contribution in [0.5, 0.6) is 0 Å². The first-order chi connectivity index (χ1) is 12.5. The van der Waals surface area contributed by atoms with E-state index in [9.17, 15) is 9.59 Å². The van der Waals surface area contributed by atoms with E-state index in [1.807, 2.05) is 12.1 Å². The molecule has 1 aliphatic rings. The number of amides is 2. The molecule has 2 amide bonds. The molecular formula is C20H15N3O3. The first kappa shape index (κ1) is 17.1. The van der Waals surface area contributed by atoms with Crippen LogP contribution in [0.1, 0.15) is 21.5 Å². The molecule has 26 heavy (non-hydrogen) atoms. The largest absolute Gasteiger partial charge is 0.399 e. The Labute approximate surface area is 150 Å². The molecule has 1 saturated heterocycles. The molecule has 1 atom stereocenters. The van der Waals surface area contributed by atoms with Gasteiger partial charge in [-0.1, -0.05) is 11.8 Å². The van der Waals surface area contributed by atoms with Crippen molar-refractivity contribution >= 4 is 17.5 Å². The fraction of sp³-hybridized carbons (Fsp3) is 0.100. The van der Waals surface area contributed by atoms with Crippen LogP contribution in [0, 0.1) is 23.7 Å². The van der Waals surface area contributed by atoms with E-state index in [2.05, 4.69) is 29.0 Å². The van der Waals surface area contributed by atoms with Crippen molar-refractivity contribution in [3.63, 3.8) is 0 Å². The van der Waals surface area contributed by atoms with Gasteiger partial charge in [-0.15, -0.1) is 0 Å². The lowest BCUT2D eigenvalue weighted by Gasteiger charge is -2.33. The monoisotopic (exact) mass is 345 g/mol. The smallest absolute Gasteiger partial charge is 0.270 e. The minimum Gasteiger partial charge on any atom is -0.399 e. The van der Waals surface area contributed by atoms with E-state index in [0.29, 0.717) is 16.3 Å². The summed E-state index contributed by atoms with van der Waals surface area (Å²) >= 11 is 0. The van der Waals surface area contributed by atoms with E-state index in [4.69, 9.17) is 10.9 Å². The fourth-order valence-electron chi connectivity index (χ4n) is 2.24. The molecule has 4 N–H and O–H groups in total. The first-order valence-electron chi connectivity index (χ1n) is 7.82. The van der Waals surface area contributed by atoms with Gasteiger partial charge in [-0.2, -0.15) is 0 Å². The number of rotatable bonds is 2. The molecule has 1 fully saturated rings. The number of nitrogens with one attached hydrogen (secondary N) is 1. The summed E-state index contributed by atoms with van der Waals surface area (Å²) in [4.78, 5) is 23.3. The third-order valence-electron chi connectivity index (χ3n) is 3.75. The van der Waals surface area contributed by atoms with Gasteiger partial charge in [-0.3, -0.25) is 14.8 Å². The second-order valence-electron chi connectivity index (χ2n) is 5.65. The first-order valence-corrected chi connectivity index (χ1v) is 7.82. The average molecular weight is 345 g/mol. The summed E-state index contributed by atoms with van der Waals surface area (Å²) in [5, 5.41) is 12.1. The van der Waals surface area contributed by atoms with Crippen molar-refractivity contribution in [2.45, 2.75) is 6.04 Å². The number of nitrogens with two attached hydrogens (primary N) is 1. The van der Waals surface area contributed by atoms with E-state index in [1.54, 1.807) is 36.4 Å². The molecule has 0 radical (unpaired) electrons. The van der Waals surface area contributed by atoms with Crippen LogP contribution in [-0.2, 0) is 4.79 Å². The van der Waals surface area contributed by atoms with Crippen molar-refractivity contribution in [2.24, 2.45) is 0 Å². The lowest BCUT2D eigenvalue weighted by Crippen LogP contribution is -2.62. The number of benzene rings is 2. The topological polar surface area (TPSA) is 95.7 Å². The Morgan fingerprint density at radius 1 is 1.04 bits per heavy atom. The molecule has 128 valence electrons. The second kappa shape index (κ2) is 7.43.